The Labute approximate surface area is 142 Å². The van der Waals surface area contributed by atoms with Gasteiger partial charge in [0.25, 0.3) is 0 Å². The Morgan fingerprint density at radius 3 is 2.79 bits per heavy atom. The Kier molecular flexibility index (Phi) is 4.37. The highest BCUT2D eigenvalue weighted by atomic mass is 16.1. The Morgan fingerprint density at radius 2 is 2.00 bits per heavy atom. The van der Waals surface area contributed by atoms with Crippen molar-refractivity contribution in [2.75, 3.05) is 0 Å². The minimum Gasteiger partial charge on any atom is -0.325 e. The summed E-state index contributed by atoms with van der Waals surface area (Å²) in [7, 11) is 0. The molecule has 2 fully saturated rings. The molecule has 1 saturated carbocycles. The molecule has 2 atom stereocenters. The quantitative estimate of drug-likeness (QED) is 0.910. The van der Waals surface area contributed by atoms with E-state index >= 15 is 0 Å². The van der Waals surface area contributed by atoms with Gasteiger partial charge in [0, 0.05) is 43.9 Å². The van der Waals surface area contributed by atoms with E-state index < -0.39 is 0 Å². The predicted molar refractivity (Wildman–Crippen MR) is 93.6 cm³/mol. The molecule has 1 aliphatic heterocycles. The number of carbonyl (C=O) groups is 1. The lowest BCUT2D eigenvalue weighted by Crippen LogP contribution is -2.45. The van der Waals surface area contributed by atoms with Crippen LogP contribution in [0.2, 0.25) is 0 Å². The van der Waals surface area contributed by atoms with Crippen molar-refractivity contribution in [3.63, 3.8) is 0 Å². The predicted octanol–water partition coefficient (Wildman–Crippen LogP) is 2.74. The van der Waals surface area contributed by atoms with Crippen LogP contribution in [0.25, 0.3) is 5.65 Å². The third-order valence-electron chi connectivity index (χ3n) is 5.65. The lowest BCUT2D eigenvalue weighted by Gasteiger charge is -2.37. The topological polar surface area (TPSA) is 72.4 Å². The maximum Gasteiger partial charge on any atom is 0.137 e. The first-order valence-electron chi connectivity index (χ1n) is 9.18. The summed E-state index contributed by atoms with van der Waals surface area (Å²) in [5.74, 6) is 1.05. The molecule has 0 radical (unpaired) electrons. The number of carbonyl (C=O) groups excluding carboxylic acids is 1. The number of hydrogen-bond donors (Lipinski definition) is 2. The van der Waals surface area contributed by atoms with Gasteiger partial charge in [0.1, 0.15) is 11.4 Å². The average Bonchev–Trinajstić information content (AvgIpc) is 3.04. The second-order valence-electron chi connectivity index (χ2n) is 7.34. The van der Waals surface area contributed by atoms with Crippen LogP contribution in [0.15, 0.2) is 24.5 Å². The van der Waals surface area contributed by atoms with Gasteiger partial charge in [-0.1, -0.05) is 25.3 Å². The summed E-state index contributed by atoms with van der Waals surface area (Å²) in [6.45, 7) is 0.445. The van der Waals surface area contributed by atoms with Crippen LogP contribution >= 0.6 is 0 Å². The first-order valence-corrected chi connectivity index (χ1v) is 9.18. The number of aromatic nitrogens is 2. The molecular formula is C19H26N4O. The van der Waals surface area contributed by atoms with Gasteiger partial charge in [-0.3, -0.25) is 4.79 Å². The molecule has 2 aliphatic rings. The standard InChI is InChI=1S/C19H26N4O/c20-10-15-12-23-11-14(6-7-19(23)21-15)18-9-16(24)8-17(22-18)13-4-2-1-3-5-13/h6-7,11-13,17-18,22H,1-5,8-10,20H2. The van der Waals surface area contributed by atoms with Crippen LogP contribution in [-0.2, 0) is 11.3 Å². The monoisotopic (exact) mass is 326 g/mol. The van der Waals surface area contributed by atoms with Gasteiger partial charge in [0.15, 0.2) is 0 Å². The molecule has 3 N–H and O–H groups in total. The maximum absolute atomic E-state index is 12.3. The van der Waals surface area contributed by atoms with Crippen LogP contribution in [0.4, 0.5) is 0 Å². The second-order valence-corrected chi connectivity index (χ2v) is 7.34. The Hall–Kier alpha value is -1.72. The largest absolute Gasteiger partial charge is 0.325 e. The van der Waals surface area contributed by atoms with E-state index in [1.54, 1.807) is 0 Å². The van der Waals surface area contributed by atoms with Crippen LogP contribution in [0.5, 0.6) is 0 Å². The number of nitrogens with one attached hydrogen (secondary N) is 1. The molecule has 2 unspecified atom stereocenters. The molecule has 2 aromatic rings. The van der Waals surface area contributed by atoms with E-state index in [4.69, 9.17) is 5.73 Å². The van der Waals surface area contributed by atoms with E-state index in [1.807, 2.05) is 16.7 Å². The van der Waals surface area contributed by atoms with Crippen molar-refractivity contribution in [1.29, 1.82) is 0 Å². The number of imidazole rings is 1. The SMILES string of the molecule is NCc1cn2cc(C3CC(=O)CC(C4CCCCC4)N3)ccc2n1. The fraction of sp³-hybridized carbons (Fsp3) is 0.579. The molecule has 3 heterocycles. The minimum atomic E-state index is 0.117. The summed E-state index contributed by atoms with van der Waals surface area (Å²) in [6, 6.07) is 4.57. The van der Waals surface area contributed by atoms with Crippen LogP contribution in [-0.4, -0.2) is 21.2 Å². The summed E-state index contributed by atoms with van der Waals surface area (Å²) in [4.78, 5) is 16.8. The van der Waals surface area contributed by atoms with Crippen molar-refractivity contribution < 1.29 is 4.79 Å². The number of nitrogens with zero attached hydrogens (tertiary/aromatic N) is 2. The fourth-order valence-electron chi connectivity index (χ4n) is 4.35. The number of rotatable bonds is 3. The molecule has 0 spiro atoms. The highest BCUT2D eigenvalue weighted by molar-refractivity contribution is 5.80. The lowest BCUT2D eigenvalue weighted by molar-refractivity contribution is -0.122. The zero-order valence-electron chi connectivity index (χ0n) is 14.1. The smallest absolute Gasteiger partial charge is 0.137 e. The van der Waals surface area contributed by atoms with E-state index in [2.05, 4.69) is 22.6 Å². The van der Waals surface area contributed by atoms with Gasteiger partial charge in [0.05, 0.1) is 5.69 Å². The molecule has 1 saturated heterocycles. The molecule has 0 aromatic carbocycles. The molecule has 5 nitrogen and oxygen atoms in total. The van der Waals surface area contributed by atoms with Crippen LogP contribution in [0.1, 0.15) is 62.2 Å². The maximum atomic E-state index is 12.3. The van der Waals surface area contributed by atoms with E-state index in [0.717, 1.165) is 16.9 Å². The van der Waals surface area contributed by atoms with Gasteiger partial charge in [-0.25, -0.2) is 4.98 Å². The minimum absolute atomic E-state index is 0.117. The number of Topliss-reactive ketones (excluding diaryl/α,β-unsaturated/α-hetero) is 1. The molecule has 128 valence electrons. The molecule has 24 heavy (non-hydrogen) atoms. The molecular weight excluding hydrogens is 300 g/mol. The number of pyridine rings is 1. The van der Waals surface area contributed by atoms with Crippen molar-refractivity contribution in [2.24, 2.45) is 11.7 Å². The van der Waals surface area contributed by atoms with Crippen molar-refractivity contribution >= 4 is 11.4 Å². The summed E-state index contributed by atoms with van der Waals surface area (Å²) in [6.07, 6.45) is 11.9. The molecule has 2 aromatic heterocycles. The van der Waals surface area contributed by atoms with E-state index in [1.165, 1.54) is 32.1 Å². The van der Waals surface area contributed by atoms with E-state index in [-0.39, 0.29) is 6.04 Å². The van der Waals surface area contributed by atoms with Gasteiger partial charge in [-0.2, -0.15) is 0 Å². The summed E-state index contributed by atoms with van der Waals surface area (Å²) in [5, 5.41) is 3.78. The molecule has 0 bridgehead atoms. The highest BCUT2D eigenvalue weighted by Crippen LogP contribution is 2.33. The van der Waals surface area contributed by atoms with Gasteiger partial charge >= 0.3 is 0 Å². The van der Waals surface area contributed by atoms with Crippen LogP contribution < -0.4 is 11.1 Å². The summed E-state index contributed by atoms with van der Waals surface area (Å²) >= 11 is 0. The first-order chi connectivity index (χ1) is 11.7. The van der Waals surface area contributed by atoms with Gasteiger partial charge in [0.2, 0.25) is 0 Å². The van der Waals surface area contributed by atoms with Crippen LogP contribution in [0, 0.1) is 5.92 Å². The van der Waals surface area contributed by atoms with Crippen molar-refractivity contribution in [3.8, 4) is 0 Å². The third-order valence-corrected chi connectivity index (χ3v) is 5.65. The summed E-state index contributed by atoms with van der Waals surface area (Å²) < 4.78 is 2.02. The third kappa shape index (κ3) is 3.10. The zero-order valence-corrected chi connectivity index (χ0v) is 14.1. The zero-order chi connectivity index (χ0) is 16.5. The van der Waals surface area contributed by atoms with Crippen molar-refractivity contribution in [1.82, 2.24) is 14.7 Å². The number of fused-ring (bicyclic) bond motifs is 1. The van der Waals surface area contributed by atoms with Gasteiger partial charge in [-0.05, 0) is 30.4 Å². The lowest BCUT2D eigenvalue weighted by atomic mass is 9.79. The molecule has 4 rings (SSSR count). The first kappa shape index (κ1) is 15.8. The Morgan fingerprint density at radius 1 is 1.17 bits per heavy atom. The second kappa shape index (κ2) is 6.65. The van der Waals surface area contributed by atoms with Gasteiger partial charge < -0.3 is 15.5 Å². The molecule has 0 amide bonds. The average molecular weight is 326 g/mol. The molecule has 1 aliphatic carbocycles. The Balaban J connectivity index is 1.56. The van der Waals surface area contributed by atoms with Gasteiger partial charge in [-0.15, -0.1) is 0 Å². The van der Waals surface area contributed by atoms with E-state index in [0.29, 0.717) is 37.1 Å². The number of nitrogens with two attached hydrogens (primary N) is 1. The molecule has 5 heteroatoms. The Bertz CT molecular complexity index is 732. The number of ketones is 1. The fourth-order valence-corrected chi connectivity index (χ4v) is 4.35. The van der Waals surface area contributed by atoms with E-state index in [9.17, 15) is 4.79 Å². The highest BCUT2D eigenvalue weighted by Gasteiger charge is 2.33. The number of piperidine rings is 1. The normalized spacial score (nSPS) is 26.1. The van der Waals surface area contributed by atoms with Crippen molar-refractivity contribution in [3.05, 3.63) is 35.8 Å². The van der Waals surface area contributed by atoms with Crippen molar-refractivity contribution in [2.45, 2.75) is 63.6 Å². The van der Waals surface area contributed by atoms with Crippen LogP contribution in [0.3, 0.4) is 0 Å². The summed E-state index contributed by atoms with van der Waals surface area (Å²) in [5.41, 5.74) is 8.64. The number of hydrogen-bond acceptors (Lipinski definition) is 4.